The Morgan fingerprint density at radius 2 is 2.14 bits per heavy atom. The number of nitrogens with two attached hydrogens (primary N) is 1. The molecule has 0 spiro atoms. The van der Waals surface area contributed by atoms with Gasteiger partial charge in [-0.1, -0.05) is 0 Å². The third kappa shape index (κ3) is 8.65. The van der Waals surface area contributed by atoms with Crippen molar-refractivity contribution in [2.75, 3.05) is 19.8 Å². The van der Waals surface area contributed by atoms with Crippen LogP contribution in [0, 0.1) is 0 Å². The molecule has 2 atom stereocenters. The van der Waals surface area contributed by atoms with Crippen molar-refractivity contribution in [2.45, 2.75) is 38.8 Å². The fraction of sp³-hybridized carbons (Fsp3) is 1.00. The van der Waals surface area contributed by atoms with Gasteiger partial charge in [0.25, 0.3) is 0 Å². The highest BCUT2D eigenvalue weighted by Gasteiger charge is 2.12. The first-order valence-corrected chi connectivity index (χ1v) is 7.11. The lowest BCUT2D eigenvalue weighted by Gasteiger charge is -2.15. The van der Waals surface area contributed by atoms with E-state index < -0.39 is 9.28 Å². The van der Waals surface area contributed by atoms with E-state index >= 15 is 0 Å². The predicted molar refractivity (Wildman–Crippen MR) is 60.9 cm³/mol. The Bertz CT molecular complexity index is 125. The second-order valence-corrected chi connectivity index (χ2v) is 5.48. The molecule has 0 radical (unpaired) electrons. The van der Waals surface area contributed by atoms with E-state index in [9.17, 15) is 0 Å². The van der Waals surface area contributed by atoms with Gasteiger partial charge in [-0.2, -0.15) is 0 Å². The van der Waals surface area contributed by atoms with Gasteiger partial charge in [0.1, 0.15) is 0 Å². The van der Waals surface area contributed by atoms with Crippen molar-refractivity contribution in [3.8, 4) is 0 Å². The van der Waals surface area contributed by atoms with Gasteiger partial charge >= 0.3 is 9.28 Å². The Hall–Kier alpha value is 0.0569. The highest BCUT2D eigenvalue weighted by atomic mass is 28.3. The topological polar surface area (TPSA) is 67.4 Å². The molecule has 0 aromatic rings. The molecule has 0 saturated carbocycles. The molecule has 4 nitrogen and oxygen atoms in total. The van der Waals surface area contributed by atoms with Crippen molar-refractivity contribution < 1.29 is 14.0 Å². The largest absolute Gasteiger partial charge is 0.443 e. The van der Waals surface area contributed by atoms with Crippen LogP contribution in [-0.4, -0.2) is 40.3 Å². The minimum Gasteiger partial charge on any atom is -0.443 e. The maximum Gasteiger partial charge on any atom is 0.321 e. The van der Waals surface area contributed by atoms with Crippen molar-refractivity contribution in [3.05, 3.63) is 0 Å². The zero-order valence-corrected chi connectivity index (χ0v) is 10.4. The quantitative estimate of drug-likeness (QED) is 0.445. The van der Waals surface area contributed by atoms with Gasteiger partial charge in [0.15, 0.2) is 6.10 Å². The third-order valence-electron chi connectivity index (χ3n) is 1.85. The molecule has 5 heteroatoms. The molecule has 14 heavy (non-hydrogen) atoms. The molecule has 0 saturated heterocycles. The van der Waals surface area contributed by atoms with Gasteiger partial charge in [0, 0.05) is 26.6 Å². The Labute approximate surface area is 88.2 Å². The molecular weight excluding hydrogens is 198 g/mol. The Balaban J connectivity index is 3.50. The van der Waals surface area contributed by atoms with Crippen LogP contribution in [0.15, 0.2) is 0 Å². The lowest BCUT2D eigenvalue weighted by Crippen LogP contribution is -2.25. The summed E-state index contributed by atoms with van der Waals surface area (Å²) in [6.07, 6.45) is 1.73. The van der Waals surface area contributed by atoms with Crippen molar-refractivity contribution >= 4 is 9.28 Å². The lowest BCUT2D eigenvalue weighted by atomic mass is 10.3. The summed E-state index contributed by atoms with van der Waals surface area (Å²) in [5, 5.41) is 7.34. The fourth-order valence-corrected chi connectivity index (χ4v) is 2.83. The van der Waals surface area contributed by atoms with Crippen LogP contribution in [0.2, 0.25) is 6.04 Å². The summed E-state index contributed by atoms with van der Waals surface area (Å²) in [7, 11) is -1.47. The smallest absolute Gasteiger partial charge is 0.321 e. The fourth-order valence-electron chi connectivity index (χ4n) is 1.06. The van der Waals surface area contributed by atoms with E-state index in [2.05, 4.69) is 0 Å². The van der Waals surface area contributed by atoms with Gasteiger partial charge < -0.3 is 19.7 Å². The summed E-state index contributed by atoms with van der Waals surface area (Å²) in [4.78, 5) is 0. The van der Waals surface area contributed by atoms with E-state index in [-0.39, 0.29) is 6.10 Å². The average Bonchev–Trinajstić information content (AvgIpc) is 2.13. The molecular formula is C9H24NO3Si+. The minimum atomic E-state index is -1.47. The standard InChI is InChI=1S/C9H23NO3Si/c1-3-12-14(8-4-6-10)13-7-5-9(2)11/h9,11,14H,3-8,10H2,1-2H3/p+1. The molecule has 0 amide bonds. The van der Waals surface area contributed by atoms with Crippen LogP contribution < -0.4 is 5.73 Å². The molecule has 0 aliphatic heterocycles. The van der Waals surface area contributed by atoms with Gasteiger partial charge in [0.05, 0.1) is 0 Å². The third-order valence-corrected chi connectivity index (χ3v) is 4.04. The van der Waals surface area contributed by atoms with Crippen LogP contribution in [0.4, 0.5) is 0 Å². The highest BCUT2D eigenvalue weighted by Crippen LogP contribution is 2.02. The monoisotopic (exact) mass is 222 g/mol. The second-order valence-electron chi connectivity index (χ2n) is 3.38. The van der Waals surface area contributed by atoms with Crippen LogP contribution in [0.1, 0.15) is 26.7 Å². The first-order valence-electron chi connectivity index (χ1n) is 5.35. The minimum absolute atomic E-state index is 0.0409. The summed E-state index contributed by atoms with van der Waals surface area (Å²) in [5.74, 6) is 0. The van der Waals surface area contributed by atoms with Crippen LogP contribution in [0.25, 0.3) is 0 Å². The molecule has 0 rings (SSSR count). The van der Waals surface area contributed by atoms with E-state index in [1.807, 2.05) is 13.8 Å². The van der Waals surface area contributed by atoms with E-state index in [0.29, 0.717) is 13.2 Å². The van der Waals surface area contributed by atoms with Crippen molar-refractivity contribution in [3.63, 3.8) is 0 Å². The molecule has 0 aliphatic carbocycles. The maximum absolute atomic E-state index is 7.34. The van der Waals surface area contributed by atoms with Crippen LogP contribution >= 0.6 is 0 Å². The predicted octanol–water partition coefficient (Wildman–Crippen LogP) is 0.112. The first-order chi connectivity index (χ1) is 6.70. The SMILES string of the molecule is CCO[SiH](CCCN)OCCC(C)[OH2+]. The summed E-state index contributed by atoms with van der Waals surface area (Å²) in [6, 6.07) is 0.983. The van der Waals surface area contributed by atoms with Crippen molar-refractivity contribution in [1.29, 1.82) is 0 Å². The summed E-state index contributed by atoms with van der Waals surface area (Å²) in [5.41, 5.74) is 5.43. The van der Waals surface area contributed by atoms with E-state index in [0.717, 1.165) is 25.5 Å². The van der Waals surface area contributed by atoms with E-state index in [1.54, 1.807) is 0 Å². The van der Waals surface area contributed by atoms with Gasteiger partial charge in [0.2, 0.25) is 0 Å². The van der Waals surface area contributed by atoms with Crippen LogP contribution in [0.5, 0.6) is 0 Å². The molecule has 0 fully saturated rings. The molecule has 4 N–H and O–H groups in total. The molecule has 86 valence electrons. The zero-order valence-electron chi connectivity index (χ0n) is 9.29. The van der Waals surface area contributed by atoms with Crippen LogP contribution in [-0.2, 0) is 8.85 Å². The average molecular weight is 222 g/mol. The van der Waals surface area contributed by atoms with Crippen molar-refractivity contribution in [1.82, 2.24) is 0 Å². The molecule has 0 aromatic heterocycles. The maximum atomic E-state index is 7.34. The normalized spacial score (nSPS) is 15.4. The Morgan fingerprint density at radius 3 is 2.64 bits per heavy atom. The first kappa shape index (κ1) is 14.1. The van der Waals surface area contributed by atoms with Gasteiger partial charge in [-0.05, 0) is 25.9 Å². The number of hydrogen-bond acceptors (Lipinski definition) is 3. The summed E-state index contributed by atoms with van der Waals surface area (Å²) < 4.78 is 11.2. The Kier molecular flexibility index (Phi) is 9.64. The molecule has 0 bridgehead atoms. The summed E-state index contributed by atoms with van der Waals surface area (Å²) in [6.45, 7) is 5.94. The van der Waals surface area contributed by atoms with Crippen molar-refractivity contribution in [2.24, 2.45) is 5.73 Å². The van der Waals surface area contributed by atoms with E-state index in [1.165, 1.54) is 0 Å². The zero-order chi connectivity index (χ0) is 10.8. The number of hydrogen-bond donors (Lipinski definition) is 1. The summed E-state index contributed by atoms with van der Waals surface area (Å²) >= 11 is 0. The van der Waals surface area contributed by atoms with Crippen LogP contribution in [0.3, 0.4) is 0 Å². The van der Waals surface area contributed by atoms with Gasteiger partial charge in [-0.25, -0.2) is 0 Å². The van der Waals surface area contributed by atoms with Gasteiger partial charge in [-0.3, -0.25) is 0 Å². The molecule has 2 unspecified atom stereocenters. The highest BCUT2D eigenvalue weighted by molar-refractivity contribution is 6.44. The molecule has 0 aromatic carbocycles. The second kappa shape index (κ2) is 9.61. The van der Waals surface area contributed by atoms with E-state index in [4.69, 9.17) is 19.7 Å². The van der Waals surface area contributed by atoms with Gasteiger partial charge in [-0.15, -0.1) is 0 Å². The number of rotatable bonds is 9. The molecule has 0 aliphatic rings. The lowest BCUT2D eigenvalue weighted by molar-refractivity contribution is 0.137. The molecule has 0 heterocycles. The Morgan fingerprint density at radius 1 is 1.43 bits per heavy atom.